The summed E-state index contributed by atoms with van der Waals surface area (Å²) < 4.78 is 5.27. The van der Waals surface area contributed by atoms with Gasteiger partial charge in [0.2, 0.25) is 11.8 Å². The molecule has 0 aliphatic rings. The van der Waals surface area contributed by atoms with E-state index in [2.05, 4.69) is 11.9 Å². The average Bonchev–Trinajstić information content (AvgIpc) is 3.13. The normalized spacial score (nSPS) is 11.4. The van der Waals surface area contributed by atoms with E-state index < -0.39 is 30.4 Å². The van der Waals surface area contributed by atoms with Crippen molar-refractivity contribution in [2.24, 2.45) is 0 Å². The Labute approximate surface area is 144 Å². The summed E-state index contributed by atoms with van der Waals surface area (Å²) in [5, 5.41) is 11.1. The molecule has 0 saturated heterocycles. The van der Waals surface area contributed by atoms with Gasteiger partial charge in [-0.05, 0) is 17.7 Å². The van der Waals surface area contributed by atoms with Crippen LogP contribution in [-0.4, -0.2) is 35.5 Å². The number of carboxylic acid groups (broad SMARTS) is 1. The van der Waals surface area contributed by atoms with Crippen LogP contribution in [0.25, 0.3) is 0 Å². The van der Waals surface area contributed by atoms with Crippen molar-refractivity contribution in [3.63, 3.8) is 0 Å². The van der Waals surface area contributed by atoms with Crippen molar-refractivity contribution in [3.05, 3.63) is 66.9 Å². The number of anilines is 1. The zero-order valence-electron chi connectivity index (χ0n) is 13.4. The van der Waals surface area contributed by atoms with E-state index in [1.807, 2.05) is 30.3 Å². The molecule has 2 N–H and O–H groups in total. The smallest absolute Gasteiger partial charge is 0.322 e. The highest BCUT2D eigenvalue weighted by atomic mass is 16.4. The Balaban J connectivity index is 2.36. The molecule has 2 aromatic rings. The topological polar surface area (TPSA) is 99.9 Å². The number of nitrogens with one attached hydrogen (secondary N) is 1. The summed E-state index contributed by atoms with van der Waals surface area (Å²) >= 11 is 0. The first-order valence-corrected chi connectivity index (χ1v) is 7.55. The lowest BCUT2D eigenvalue weighted by Gasteiger charge is -2.28. The summed E-state index contributed by atoms with van der Waals surface area (Å²) in [5.74, 6) is -2.12. The highest BCUT2D eigenvalue weighted by Crippen LogP contribution is 2.21. The van der Waals surface area contributed by atoms with Gasteiger partial charge in [0.15, 0.2) is 0 Å². The molecular formula is C18H18N2O5. The van der Waals surface area contributed by atoms with Crippen LogP contribution < -0.4 is 10.2 Å². The first-order valence-electron chi connectivity index (χ1n) is 7.55. The Bertz CT molecular complexity index is 740. The summed E-state index contributed by atoms with van der Waals surface area (Å²) in [6.45, 7) is 2.91. The minimum Gasteiger partial charge on any atom is -0.480 e. The van der Waals surface area contributed by atoms with Crippen molar-refractivity contribution < 1.29 is 23.9 Å². The van der Waals surface area contributed by atoms with Crippen molar-refractivity contribution in [2.45, 2.75) is 12.5 Å². The number of rotatable bonds is 8. The minimum atomic E-state index is -1.17. The van der Waals surface area contributed by atoms with Crippen molar-refractivity contribution in [2.75, 3.05) is 11.4 Å². The molecule has 0 fully saturated rings. The standard InChI is InChI=1S/C18H18N2O5/c1-2-15(21)20(16-9-6-10-25-16)14(18(24)19-12-17(22)23)11-13-7-4-3-5-8-13/h2-10,14H,1,11-12H2,(H,19,24)(H,22,23). The molecule has 1 aromatic heterocycles. The van der Waals surface area contributed by atoms with Gasteiger partial charge in [-0.3, -0.25) is 19.3 Å². The van der Waals surface area contributed by atoms with E-state index in [0.717, 1.165) is 16.5 Å². The Hall–Kier alpha value is -3.35. The van der Waals surface area contributed by atoms with Crippen molar-refractivity contribution in [1.29, 1.82) is 0 Å². The van der Waals surface area contributed by atoms with E-state index in [1.54, 1.807) is 12.1 Å². The molecule has 2 rings (SSSR count). The molecule has 0 saturated carbocycles. The van der Waals surface area contributed by atoms with Gasteiger partial charge in [-0.2, -0.15) is 0 Å². The lowest BCUT2D eigenvalue weighted by Crippen LogP contribution is -2.51. The molecule has 25 heavy (non-hydrogen) atoms. The molecule has 130 valence electrons. The maximum Gasteiger partial charge on any atom is 0.322 e. The third-order valence-electron chi connectivity index (χ3n) is 3.46. The minimum absolute atomic E-state index is 0.177. The summed E-state index contributed by atoms with van der Waals surface area (Å²) in [6.07, 6.45) is 2.64. The fourth-order valence-corrected chi connectivity index (χ4v) is 2.34. The summed E-state index contributed by atoms with van der Waals surface area (Å²) in [6, 6.07) is 11.2. The van der Waals surface area contributed by atoms with E-state index in [-0.39, 0.29) is 12.3 Å². The van der Waals surface area contributed by atoms with Gasteiger partial charge in [0.1, 0.15) is 12.6 Å². The maximum absolute atomic E-state index is 12.6. The number of carboxylic acids is 1. The first kappa shape index (κ1) is 18.0. The predicted octanol–water partition coefficient (Wildman–Crippen LogP) is 1.61. The number of furan rings is 1. The predicted molar refractivity (Wildman–Crippen MR) is 91.0 cm³/mol. The largest absolute Gasteiger partial charge is 0.480 e. The van der Waals surface area contributed by atoms with E-state index in [0.29, 0.717) is 0 Å². The van der Waals surface area contributed by atoms with Crippen LogP contribution in [-0.2, 0) is 20.8 Å². The van der Waals surface area contributed by atoms with Crippen LogP contribution in [0.5, 0.6) is 0 Å². The molecule has 7 nitrogen and oxygen atoms in total. The van der Waals surface area contributed by atoms with Crippen LogP contribution >= 0.6 is 0 Å². The van der Waals surface area contributed by atoms with Gasteiger partial charge in [-0.15, -0.1) is 0 Å². The van der Waals surface area contributed by atoms with Gasteiger partial charge in [-0.1, -0.05) is 36.9 Å². The Kier molecular flexibility index (Phi) is 6.11. The summed E-state index contributed by atoms with van der Waals surface area (Å²) in [4.78, 5) is 36.8. The second kappa shape index (κ2) is 8.49. The second-order valence-corrected chi connectivity index (χ2v) is 5.18. The van der Waals surface area contributed by atoms with E-state index in [1.165, 1.54) is 6.26 Å². The number of hydrogen-bond donors (Lipinski definition) is 2. The van der Waals surface area contributed by atoms with Gasteiger partial charge in [0, 0.05) is 12.5 Å². The molecule has 0 radical (unpaired) electrons. The molecule has 7 heteroatoms. The van der Waals surface area contributed by atoms with Gasteiger partial charge in [0.05, 0.1) is 6.26 Å². The van der Waals surface area contributed by atoms with E-state index in [9.17, 15) is 14.4 Å². The lowest BCUT2D eigenvalue weighted by molar-refractivity contribution is -0.138. The number of amides is 2. The summed E-state index contributed by atoms with van der Waals surface area (Å²) in [5.41, 5.74) is 0.811. The number of hydrogen-bond acceptors (Lipinski definition) is 4. The lowest BCUT2D eigenvalue weighted by atomic mass is 10.0. The van der Waals surface area contributed by atoms with Crippen LogP contribution in [0.1, 0.15) is 5.56 Å². The SMILES string of the molecule is C=CC(=O)N(c1ccco1)C(Cc1ccccc1)C(=O)NCC(=O)O. The number of aliphatic carboxylic acids is 1. The van der Waals surface area contributed by atoms with Gasteiger partial charge in [0.25, 0.3) is 5.91 Å². The molecule has 1 heterocycles. The molecule has 0 aliphatic heterocycles. The Morgan fingerprint density at radius 3 is 2.48 bits per heavy atom. The fraction of sp³-hybridized carbons (Fsp3) is 0.167. The second-order valence-electron chi connectivity index (χ2n) is 5.18. The number of carbonyl (C=O) groups is 3. The number of benzene rings is 1. The number of carbonyl (C=O) groups excluding carboxylic acids is 2. The van der Waals surface area contributed by atoms with E-state index >= 15 is 0 Å². The third kappa shape index (κ3) is 4.81. The molecular weight excluding hydrogens is 324 g/mol. The maximum atomic E-state index is 12.6. The van der Waals surface area contributed by atoms with Crippen LogP contribution in [0.2, 0.25) is 0 Å². The highest BCUT2D eigenvalue weighted by Gasteiger charge is 2.32. The molecule has 1 aromatic carbocycles. The van der Waals surface area contributed by atoms with Gasteiger partial charge < -0.3 is 14.8 Å². The first-order chi connectivity index (χ1) is 12.0. The molecule has 0 aliphatic carbocycles. The van der Waals surface area contributed by atoms with Crippen LogP contribution in [0.3, 0.4) is 0 Å². The van der Waals surface area contributed by atoms with Crippen LogP contribution in [0, 0.1) is 0 Å². The average molecular weight is 342 g/mol. The monoisotopic (exact) mass is 342 g/mol. The zero-order chi connectivity index (χ0) is 18.2. The third-order valence-corrected chi connectivity index (χ3v) is 3.46. The molecule has 1 unspecified atom stereocenters. The van der Waals surface area contributed by atoms with Crippen molar-refractivity contribution in [3.8, 4) is 0 Å². The van der Waals surface area contributed by atoms with E-state index in [4.69, 9.17) is 9.52 Å². The molecule has 2 amide bonds. The molecule has 0 bridgehead atoms. The number of nitrogens with zero attached hydrogens (tertiary/aromatic N) is 1. The zero-order valence-corrected chi connectivity index (χ0v) is 13.4. The Morgan fingerprint density at radius 2 is 1.92 bits per heavy atom. The Morgan fingerprint density at radius 1 is 1.20 bits per heavy atom. The van der Waals surface area contributed by atoms with Crippen molar-refractivity contribution in [1.82, 2.24) is 5.32 Å². The van der Waals surface area contributed by atoms with Crippen LogP contribution in [0.15, 0.2) is 65.8 Å². The fourth-order valence-electron chi connectivity index (χ4n) is 2.34. The molecule has 0 spiro atoms. The summed E-state index contributed by atoms with van der Waals surface area (Å²) in [7, 11) is 0. The van der Waals surface area contributed by atoms with Crippen LogP contribution in [0.4, 0.5) is 5.88 Å². The van der Waals surface area contributed by atoms with Gasteiger partial charge >= 0.3 is 5.97 Å². The highest BCUT2D eigenvalue weighted by molar-refractivity contribution is 6.05. The quantitative estimate of drug-likeness (QED) is 0.710. The molecule has 1 atom stereocenters. The van der Waals surface area contributed by atoms with Gasteiger partial charge in [-0.25, -0.2) is 0 Å². The van der Waals surface area contributed by atoms with Crippen molar-refractivity contribution >= 4 is 23.7 Å².